The maximum absolute atomic E-state index is 4.55. The van der Waals surface area contributed by atoms with Gasteiger partial charge in [0, 0.05) is 18.3 Å². The molecular formula is C17H25N3. The van der Waals surface area contributed by atoms with E-state index in [1.807, 2.05) is 18.8 Å². The molecule has 0 saturated heterocycles. The van der Waals surface area contributed by atoms with E-state index in [0.29, 0.717) is 0 Å². The van der Waals surface area contributed by atoms with Crippen LogP contribution in [0.25, 0.3) is 0 Å². The maximum atomic E-state index is 4.55. The summed E-state index contributed by atoms with van der Waals surface area (Å²) >= 11 is 0. The van der Waals surface area contributed by atoms with Crippen LogP contribution >= 0.6 is 0 Å². The van der Waals surface area contributed by atoms with Crippen LogP contribution in [0.15, 0.2) is 12.1 Å². The lowest BCUT2D eigenvalue weighted by Crippen LogP contribution is -2.20. The van der Waals surface area contributed by atoms with Crippen LogP contribution in [-0.2, 0) is 7.05 Å². The van der Waals surface area contributed by atoms with Crippen LogP contribution in [0.5, 0.6) is 0 Å². The molecule has 0 bridgehead atoms. The van der Waals surface area contributed by atoms with Crippen molar-refractivity contribution in [2.45, 2.75) is 40.7 Å². The topological polar surface area (TPSA) is 29.9 Å². The Bertz CT molecular complexity index is 638. The van der Waals surface area contributed by atoms with E-state index in [9.17, 15) is 0 Å². The zero-order valence-electron chi connectivity index (χ0n) is 13.6. The molecule has 2 rings (SSSR count). The van der Waals surface area contributed by atoms with E-state index in [4.69, 9.17) is 0 Å². The lowest BCUT2D eigenvalue weighted by Gasteiger charge is -2.21. The summed E-state index contributed by atoms with van der Waals surface area (Å²) in [6, 6.07) is 4.77. The highest BCUT2D eigenvalue weighted by molar-refractivity contribution is 5.44. The van der Waals surface area contributed by atoms with Gasteiger partial charge in [-0.2, -0.15) is 5.10 Å². The number of hydrogen-bond donors (Lipinski definition) is 1. The average Bonchev–Trinajstić information content (AvgIpc) is 2.63. The summed E-state index contributed by atoms with van der Waals surface area (Å²) in [5.41, 5.74) is 8.97. The van der Waals surface area contributed by atoms with Gasteiger partial charge in [0.1, 0.15) is 0 Å². The van der Waals surface area contributed by atoms with E-state index < -0.39 is 0 Å². The van der Waals surface area contributed by atoms with Gasteiger partial charge in [0.05, 0.1) is 11.7 Å². The number of rotatable bonds is 3. The van der Waals surface area contributed by atoms with Gasteiger partial charge in [0.2, 0.25) is 0 Å². The maximum Gasteiger partial charge on any atom is 0.0647 e. The molecule has 1 atom stereocenters. The molecule has 20 heavy (non-hydrogen) atoms. The van der Waals surface area contributed by atoms with Crippen molar-refractivity contribution in [1.82, 2.24) is 15.1 Å². The van der Waals surface area contributed by atoms with E-state index in [0.717, 1.165) is 5.69 Å². The van der Waals surface area contributed by atoms with Crippen LogP contribution in [0.4, 0.5) is 0 Å². The molecule has 1 aromatic carbocycles. The zero-order valence-corrected chi connectivity index (χ0v) is 13.6. The van der Waals surface area contributed by atoms with Crippen LogP contribution in [0.2, 0.25) is 0 Å². The molecule has 3 heteroatoms. The van der Waals surface area contributed by atoms with Crippen molar-refractivity contribution in [3.63, 3.8) is 0 Å². The van der Waals surface area contributed by atoms with Crippen LogP contribution < -0.4 is 5.32 Å². The number of nitrogens with zero attached hydrogens (tertiary/aromatic N) is 2. The third-order valence-corrected chi connectivity index (χ3v) is 4.34. The lowest BCUT2D eigenvalue weighted by molar-refractivity contribution is 0.673. The Labute approximate surface area is 122 Å². The number of benzene rings is 1. The van der Waals surface area contributed by atoms with Gasteiger partial charge in [0.15, 0.2) is 0 Å². The minimum Gasteiger partial charge on any atom is -0.309 e. The van der Waals surface area contributed by atoms with E-state index in [1.54, 1.807) is 0 Å². The minimum atomic E-state index is 0.197. The van der Waals surface area contributed by atoms with Crippen molar-refractivity contribution in [1.29, 1.82) is 0 Å². The second kappa shape index (κ2) is 5.41. The summed E-state index contributed by atoms with van der Waals surface area (Å²) in [4.78, 5) is 0. The Balaban J connectivity index is 2.61. The Hall–Kier alpha value is -1.61. The first-order valence-electron chi connectivity index (χ1n) is 7.12. The van der Waals surface area contributed by atoms with Crippen molar-refractivity contribution in [3.05, 3.63) is 51.3 Å². The third kappa shape index (κ3) is 2.38. The second-order valence-corrected chi connectivity index (χ2v) is 5.72. The van der Waals surface area contributed by atoms with Crippen molar-refractivity contribution in [3.8, 4) is 0 Å². The Morgan fingerprint density at radius 1 is 1.00 bits per heavy atom. The number of aryl methyl sites for hydroxylation is 5. The minimum absolute atomic E-state index is 0.197. The van der Waals surface area contributed by atoms with Crippen molar-refractivity contribution < 1.29 is 0 Å². The summed E-state index contributed by atoms with van der Waals surface area (Å²) < 4.78 is 1.96. The second-order valence-electron chi connectivity index (χ2n) is 5.72. The predicted octanol–water partition coefficient (Wildman–Crippen LogP) is 3.27. The highest BCUT2D eigenvalue weighted by atomic mass is 15.3. The molecule has 1 N–H and O–H groups in total. The number of aromatic nitrogens is 2. The van der Waals surface area contributed by atoms with Crippen LogP contribution in [-0.4, -0.2) is 16.8 Å². The molecule has 3 nitrogen and oxygen atoms in total. The fourth-order valence-corrected chi connectivity index (χ4v) is 2.96. The smallest absolute Gasteiger partial charge is 0.0647 e. The average molecular weight is 271 g/mol. The fourth-order valence-electron chi connectivity index (χ4n) is 2.96. The van der Waals surface area contributed by atoms with E-state index in [1.165, 1.54) is 33.5 Å². The fraction of sp³-hybridized carbons (Fsp3) is 0.471. The Morgan fingerprint density at radius 3 is 2.10 bits per heavy atom. The molecule has 1 heterocycles. The molecule has 0 fully saturated rings. The molecule has 1 unspecified atom stereocenters. The van der Waals surface area contributed by atoms with Gasteiger partial charge in [-0.3, -0.25) is 4.68 Å². The van der Waals surface area contributed by atoms with Crippen LogP contribution in [0, 0.1) is 34.6 Å². The van der Waals surface area contributed by atoms with Crippen LogP contribution in [0.1, 0.15) is 45.2 Å². The highest BCUT2D eigenvalue weighted by Gasteiger charge is 2.22. The van der Waals surface area contributed by atoms with Gasteiger partial charge in [-0.15, -0.1) is 0 Å². The first kappa shape index (κ1) is 14.8. The SMILES string of the molecule is CNC(c1cc(C)c(C)cc1C)c1c(C)nn(C)c1C. The molecule has 0 aliphatic heterocycles. The monoisotopic (exact) mass is 271 g/mol. The van der Waals surface area contributed by atoms with Gasteiger partial charge in [0.25, 0.3) is 0 Å². The molecule has 0 aliphatic carbocycles. The van der Waals surface area contributed by atoms with Crippen molar-refractivity contribution in [2.75, 3.05) is 7.05 Å². The highest BCUT2D eigenvalue weighted by Crippen LogP contribution is 2.30. The Morgan fingerprint density at radius 2 is 1.60 bits per heavy atom. The van der Waals surface area contributed by atoms with Gasteiger partial charge in [-0.05, 0) is 63.9 Å². The van der Waals surface area contributed by atoms with Crippen molar-refractivity contribution >= 4 is 0 Å². The quantitative estimate of drug-likeness (QED) is 0.928. The molecule has 0 aliphatic rings. The third-order valence-electron chi connectivity index (χ3n) is 4.34. The van der Waals surface area contributed by atoms with E-state index in [-0.39, 0.29) is 6.04 Å². The molecule has 1 aromatic heterocycles. The predicted molar refractivity (Wildman–Crippen MR) is 84.2 cm³/mol. The van der Waals surface area contributed by atoms with E-state index in [2.05, 4.69) is 57.2 Å². The summed E-state index contributed by atoms with van der Waals surface area (Å²) in [7, 11) is 4.02. The van der Waals surface area contributed by atoms with Gasteiger partial charge in [-0.1, -0.05) is 12.1 Å². The first-order chi connectivity index (χ1) is 9.36. The summed E-state index contributed by atoms with van der Waals surface area (Å²) in [6.45, 7) is 10.8. The van der Waals surface area contributed by atoms with Crippen molar-refractivity contribution in [2.24, 2.45) is 7.05 Å². The zero-order chi connectivity index (χ0) is 15.0. The molecule has 0 saturated carbocycles. The van der Waals surface area contributed by atoms with E-state index >= 15 is 0 Å². The Kier molecular flexibility index (Phi) is 4.00. The molecule has 108 valence electrons. The molecule has 2 aromatic rings. The number of nitrogens with one attached hydrogen (secondary N) is 1. The lowest BCUT2D eigenvalue weighted by atomic mass is 9.91. The van der Waals surface area contributed by atoms with Gasteiger partial charge in [-0.25, -0.2) is 0 Å². The first-order valence-corrected chi connectivity index (χ1v) is 7.12. The van der Waals surface area contributed by atoms with Gasteiger partial charge < -0.3 is 5.32 Å². The van der Waals surface area contributed by atoms with Gasteiger partial charge >= 0.3 is 0 Å². The largest absolute Gasteiger partial charge is 0.309 e. The van der Waals surface area contributed by atoms with Crippen LogP contribution in [0.3, 0.4) is 0 Å². The molecular weight excluding hydrogens is 246 g/mol. The standard InChI is InChI=1S/C17H25N3/c1-10-8-12(3)15(9-11(10)2)17(18-6)16-13(4)19-20(7)14(16)5/h8-9,17-18H,1-7H3. The molecule has 0 spiro atoms. The molecule has 0 radical (unpaired) electrons. The normalized spacial score (nSPS) is 12.8. The summed E-state index contributed by atoms with van der Waals surface area (Å²) in [5.74, 6) is 0. The summed E-state index contributed by atoms with van der Waals surface area (Å²) in [5, 5.41) is 8.02. The number of hydrogen-bond acceptors (Lipinski definition) is 2. The molecule has 0 amide bonds. The summed E-state index contributed by atoms with van der Waals surface area (Å²) in [6.07, 6.45) is 0.